The van der Waals surface area contributed by atoms with E-state index < -0.39 is 0 Å². The second-order valence-corrected chi connectivity index (χ2v) is 5.01. The highest BCUT2D eigenvalue weighted by atomic mass is 15.0. The molecule has 0 aromatic heterocycles. The van der Waals surface area contributed by atoms with Crippen LogP contribution in [0.1, 0.15) is 45.1 Å². The van der Waals surface area contributed by atoms with E-state index in [0.29, 0.717) is 5.54 Å². The van der Waals surface area contributed by atoms with Crippen molar-refractivity contribution in [1.29, 1.82) is 0 Å². The van der Waals surface area contributed by atoms with Crippen LogP contribution in [0.5, 0.6) is 0 Å². The van der Waals surface area contributed by atoms with Crippen LogP contribution in [0.3, 0.4) is 0 Å². The predicted octanol–water partition coefficient (Wildman–Crippen LogP) is 3.70. The van der Waals surface area contributed by atoms with E-state index in [2.05, 4.69) is 49.5 Å². The Morgan fingerprint density at radius 2 is 1.75 bits per heavy atom. The Kier molecular flexibility index (Phi) is 3.65. The quantitative estimate of drug-likeness (QED) is 0.766. The molecule has 0 heterocycles. The highest BCUT2D eigenvalue weighted by Gasteiger charge is 2.43. The van der Waals surface area contributed by atoms with Crippen molar-refractivity contribution in [2.45, 2.75) is 45.1 Å². The standard InChI is InChI=1S/C15H23N/c1-3-13(4-2)12-16-15(10-11-15)14-8-6-5-7-9-14/h5-9,13,16H,3-4,10-12H2,1-2H3. The van der Waals surface area contributed by atoms with Crippen LogP contribution in [0, 0.1) is 5.92 Å². The molecule has 1 saturated carbocycles. The molecule has 88 valence electrons. The third-order valence-corrected chi connectivity index (χ3v) is 3.96. The topological polar surface area (TPSA) is 12.0 Å². The van der Waals surface area contributed by atoms with Gasteiger partial charge in [0.1, 0.15) is 0 Å². The third-order valence-electron chi connectivity index (χ3n) is 3.96. The lowest BCUT2D eigenvalue weighted by Gasteiger charge is -2.21. The molecule has 1 aliphatic rings. The SMILES string of the molecule is CCC(CC)CNC1(c2ccccc2)CC1. The van der Waals surface area contributed by atoms with Crippen molar-refractivity contribution < 1.29 is 0 Å². The lowest BCUT2D eigenvalue weighted by Crippen LogP contribution is -2.33. The smallest absolute Gasteiger partial charge is 0.0436 e. The van der Waals surface area contributed by atoms with Gasteiger partial charge in [0.15, 0.2) is 0 Å². The largest absolute Gasteiger partial charge is 0.307 e. The van der Waals surface area contributed by atoms with Gasteiger partial charge < -0.3 is 5.32 Å². The summed E-state index contributed by atoms with van der Waals surface area (Å²) in [5.41, 5.74) is 1.80. The van der Waals surface area contributed by atoms with Gasteiger partial charge in [-0.1, -0.05) is 57.0 Å². The van der Waals surface area contributed by atoms with Crippen LogP contribution < -0.4 is 5.32 Å². The fourth-order valence-electron chi connectivity index (χ4n) is 2.37. The Labute approximate surface area is 99.3 Å². The average molecular weight is 217 g/mol. The molecule has 1 aromatic rings. The van der Waals surface area contributed by atoms with E-state index >= 15 is 0 Å². The fraction of sp³-hybridized carbons (Fsp3) is 0.600. The monoisotopic (exact) mass is 217 g/mol. The first-order valence-corrected chi connectivity index (χ1v) is 6.61. The molecule has 0 bridgehead atoms. The molecule has 0 spiro atoms. The summed E-state index contributed by atoms with van der Waals surface area (Å²) < 4.78 is 0. The van der Waals surface area contributed by atoms with E-state index in [1.165, 1.54) is 37.8 Å². The maximum atomic E-state index is 3.79. The average Bonchev–Trinajstić information content (AvgIpc) is 3.13. The summed E-state index contributed by atoms with van der Waals surface area (Å²) >= 11 is 0. The van der Waals surface area contributed by atoms with Gasteiger partial charge in [0.2, 0.25) is 0 Å². The van der Waals surface area contributed by atoms with E-state index in [-0.39, 0.29) is 0 Å². The van der Waals surface area contributed by atoms with Crippen LogP contribution in [-0.2, 0) is 5.54 Å². The van der Waals surface area contributed by atoms with Crippen LogP contribution in [0.15, 0.2) is 30.3 Å². The molecule has 1 fully saturated rings. The molecule has 2 rings (SSSR count). The summed E-state index contributed by atoms with van der Waals surface area (Å²) in [6.45, 7) is 5.75. The molecule has 0 atom stereocenters. The Bertz CT molecular complexity index is 309. The first kappa shape index (κ1) is 11.7. The molecule has 1 nitrogen and oxygen atoms in total. The minimum Gasteiger partial charge on any atom is -0.307 e. The van der Waals surface area contributed by atoms with Gasteiger partial charge in [-0.3, -0.25) is 0 Å². The van der Waals surface area contributed by atoms with Crippen molar-refractivity contribution in [1.82, 2.24) is 5.32 Å². The first-order chi connectivity index (χ1) is 7.80. The molecule has 0 saturated heterocycles. The summed E-state index contributed by atoms with van der Waals surface area (Å²) in [5.74, 6) is 0.834. The van der Waals surface area contributed by atoms with E-state index in [4.69, 9.17) is 0 Å². The van der Waals surface area contributed by atoms with Crippen molar-refractivity contribution >= 4 is 0 Å². The van der Waals surface area contributed by atoms with Gasteiger partial charge in [-0.2, -0.15) is 0 Å². The lowest BCUT2D eigenvalue weighted by atomic mass is 10.0. The van der Waals surface area contributed by atoms with Crippen LogP contribution in [0.25, 0.3) is 0 Å². The highest BCUT2D eigenvalue weighted by molar-refractivity contribution is 5.29. The number of benzene rings is 1. The fourth-order valence-corrected chi connectivity index (χ4v) is 2.37. The van der Waals surface area contributed by atoms with Gasteiger partial charge in [0.05, 0.1) is 0 Å². The van der Waals surface area contributed by atoms with Gasteiger partial charge in [0, 0.05) is 5.54 Å². The predicted molar refractivity (Wildman–Crippen MR) is 69.4 cm³/mol. The van der Waals surface area contributed by atoms with Crippen LogP contribution in [0.2, 0.25) is 0 Å². The second-order valence-electron chi connectivity index (χ2n) is 5.01. The summed E-state index contributed by atoms with van der Waals surface area (Å²) in [6.07, 6.45) is 5.18. The van der Waals surface area contributed by atoms with Crippen LogP contribution in [0.4, 0.5) is 0 Å². The van der Waals surface area contributed by atoms with E-state index in [9.17, 15) is 0 Å². The molecular formula is C15H23N. The molecular weight excluding hydrogens is 194 g/mol. The molecule has 1 aliphatic carbocycles. The minimum atomic E-state index is 0.323. The van der Waals surface area contributed by atoms with Gasteiger partial charge in [-0.15, -0.1) is 0 Å². The van der Waals surface area contributed by atoms with Crippen molar-refractivity contribution in [3.8, 4) is 0 Å². The Morgan fingerprint density at radius 3 is 2.25 bits per heavy atom. The number of hydrogen-bond acceptors (Lipinski definition) is 1. The zero-order valence-corrected chi connectivity index (χ0v) is 10.5. The van der Waals surface area contributed by atoms with Gasteiger partial charge in [0.25, 0.3) is 0 Å². The zero-order chi connectivity index (χ0) is 11.4. The van der Waals surface area contributed by atoms with Crippen molar-refractivity contribution in [3.05, 3.63) is 35.9 Å². The Balaban J connectivity index is 1.94. The minimum absolute atomic E-state index is 0.323. The van der Waals surface area contributed by atoms with Gasteiger partial charge in [-0.25, -0.2) is 0 Å². The number of nitrogens with one attached hydrogen (secondary N) is 1. The maximum absolute atomic E-state index is 3.79. The van der Waals surface area contributed by atoms with Crippen molar-refractivity contribution in [3.63, 3.8) is 0 Å². The molecule has 0 amide bonds. The van der Waals surface area contributed by atoms with Crippen molar-refractivity contribution in [2.24, 2.45) is 5.92 Å². The molecule has 1 heteroatoms. The van der Waals surface area contributed by atoms with Gasteiger partial charge >= 0.3 is 0 Å². The first-order valence-electron chi connectivity index (χ1n) is 6.61. The maximum Gasteiger partial charge on any atom is 0.0436 e. The summed E-state index contributed by atoms with van der Waals surface area (Å²) in [6, 6.07) is 10.9. The molecule has 0 unspecified atom stereocenters. The normalized spacial score (nSPS) is 17.7. The third kappa shape index (κ3) is 2.46. The van der Waals surface area contributed by atoms with E-state index in [0.717, 1.165) is 5.92 Å². The summed E-state index contributed by atoms with van der Waals surface area (Å²) in [4.78, 5) is 0. The Hall–Kier alpha value is -0.820. The second kappa shape index (κ2) is 5.01. The lowest BCUT2D eigenvalue weighted by molar-refractivity contribution is 0.401. The highest BCUT2D eigenvalue weighted by Crippen LogP contribution is 2.45. The number of hydrogen-bond donors (Lipinski definition) is 1. The van der Waals surface area contributed by atoms with E-state index in [1.54, 1.807) is 0 Å². The van der Waals surface area contributed by atoms with Crippen molar-refractivity contribution in [2.75, 3.05) is 6.54 Å². The van der Waals surface area contributed by atoms with Crippen LogP contribution >= 0.6 is 0 Å². The van der Waals surface area contributed by atoms with Gasteiger partial charge in [-0.05, 0) is 30.9 Å². The number of rotatable bonds is 6. The molecule has 0 aliphatic heterocycles. The zero-order valence-electron chi connectivity index (χ0n) is 10.5. The molecule has 1 N–H and O–H groups in total. The molecule has 0 radical (unpaired) electrons. The summed E-state index contributed by atoms with van der Waals surface area (Å²) in [5, 5.41) is 3.79. The summed E-state index contributed by atoms with van der Waals surface area (Å²) in [7, 11) is 0. The van der Waals surface area contributed by atoms with E-state index in [1.807, 2.05) is 0 Å². The van der Waals surface area contributed by atoms with Crippen LogP contribution in [-0.4, -0.2) is 6.54 Å². The molecule has 1 aromatic carbocycles. The Morgan fingerprint density at radius 1 is 1.12 bits per heavy atom. The molecule has 16 heavy (non-hydrogen) atoms.